The Balaban J connectivity index is 1.19. The van der Waals surface area contributed by atoms with Crippen molar-refractivity contribution >= 4 is 35.0 Å². The van der Waals surface area contributed by atoms with Crippen LogP contribution in [-0.4, -0.2) is 81.4 Å². The summed E-state index contributed by atoms with van der Waals surface area (Å²) in [6, 6.07) is 7.94. The number of carbonyl (C=O) groups excluding carboxylic acids is 1. The lowest BCUT2D eigenvalue weighted by Gasteiger charge is -2.33. The largest absolute Gasteiger partial charge is 0.480 e. The Bertz CT molecular complexity index is 1290. The number of nitrogens with one attached hydrogen (secondary N) is 3. The van der Waals surface area contributed by atoms with Crippen LogP contribution in [0.3, 0.4) is 0 Å². The molecule has 13 nitrogen and oxygen atoms in total. The molecule has 1 amide bonds. The van der Waals surface area contributed by atoms with Gasteiger partial charge in [0.05, 0.1) is 19.4 Å². The fourth-order valence-corrected chi connectivity index (χ4v) is 4.63. The highest BCUT2D eigenvalue weighted by molar-refractivity contribution is 5.84. The molecule has 1 atom stereocenters. The van der Waals surface area contributed by atoms with E-state index in [1.807, 2.05) is 30.3 Å². The van der Waals surface area contributed by atoms with E-state index < -0.39 is 18.1 Å². The molecule has 0 spiro atoms. The lowest BCUT2D eigenvalue weighted by molar-refractivity contribution is -0.139. The van der Waals surface area contributed by atoms with E-state index in [-0.39, 0.29) is 13.2 Å². The molecule has 1 saturated heterocycles. The molecule has 2 aliphatic rings. The van der Waals surface area contributed by atoms with Crippen molar-refractivity contribution in [1.82, 2.24) is 35.5 Å². The number of carbonyl (C=O) groups is 2. The number of carboxylic acid groups (broad SMARTS) is 1. The van der Waals surface area contributed by atoms with Crippen molar-refractivity contribution in [3.05, 3.63) is 48.5 Å². The number of hydrogen-bond acceptors (Lipinski definition) is 10. The lowest BCUT2D eigenvalue weighted by Crippen LogP contribution is -2.43. The Morgan fingerprint density at radius 3 is 2.71 bits per heavy atom. The zero-order valence-corrected chi connectivity index (χ0v) is 20.9. The number of benzene rings is 1. The van der Waals surface area contributed by atoms with Crippen molar-refractivity contribution in [1.29, 1.82) is 0 Å². The Kier molecular flexibility index (Phi) is 7.81. The SMILES string of the molecule is O=C(NC(Cn1cnc2c(N3CCC(CNC4=NCCN4)CC3)ncnc21)C(=O)O)OCc1ccccc1. The van der Waals surface area contributed by atoms with Gasteiger partial charge in [-0.25, -0.2) is 24.5 Å². The molecule has 38 heavy (non-hydrogen) atoms. The molecular weight excluding hydrogens is 490 g/mol. The number of ether oxygens (including phenoxy) is 1. The molecule has 0 radical (unpaired) electrons. The van der Waals surface area contributed by atoms with E-state index in [4.69, 9.17) is 4.74 Å². The number of aliphatic carboxylic acids is 1. The van der Waals surface area contributed by atoms with E-state index in [9.17, 15) is 14.7 Å². The maximum absolute atomic E-state index is 12.3. The molecule has 3 aromatic rings. The molecular formula is C25H31N9O4. The molecule has 5 rings (SSSR count). The van der Waals surface area contributed by atoms with Crippen LogP contribution in [-0.2, 0) is 22.7 Å². The number of imidazole rings is 1. The first kappa shape index (κ1) is 25.2. The number of aliphatic imine (C=N–C) groups is 1. The number of nitrogens with zero attached hydrogens (tertiary/aromatic N) is 6. The summed E-state index contributed by atoms with van der Waals surface area (Å²) in [5.41, 5.74) is 1.92. The monoisotopic (exact) mass is 521 g/mol. The van der Waals surface area contributed by atoms with Gasteiger partial charge in [-0.05, 0) is 24.3 Å². The minimum Gasteiger partial charge on any atom is -0.480 e. The van der Waals surface area contributed by atoms with Crippen LogP contribution in [0.1, 0.15) is 18.4 Å². The van der Waals surface area contributed by atoms with E-state index in [2.05, 4.69) is 40.8 Å². The normalized spacial score (nSPS) is 16.5. The van der Waals surface area contributed by atoms with Crippen molar-refractivity contribution in [2.24, 2.45) is 10.9 Å². The summed E-state index contributed by atoms with van der Waals surface area (Å²) in [7, 11) is 0. The number of piperidine rings is 1. The second-order valence-electron chi connectivity index (χ2n) is 9.33. The maximum atomic E-state index is 12.3. The van der Waals surface area contributed by atoms with Crippen LogP contribution >= 0.6 is 0 Å². The summed E-state index contributed by atoms with van der Waals surface area (Å²) in [6.07, 6.45) is 4.19. The third-order valence-corrected chi connectivity index (χ3v) is 6.71. The molecule has 0 saturated carbocycles. The second kappa shape index (κ2) is 11.8. The fraction of sp³-hybridized carbons (Fsp3) is 0.440. The van der Waals surface area contributed by atoms with Crippen molar-refractivity contribution in [2.75, 3.05) is 37.6 Å². The van der Waals surface area contributed by atoms with E-state index in [1.165, 1.54) is 12.7 Å². The van der Waals surface area contributed by atoms with Crippen LogP contribution in [0.2, 0.25) is 0 Å². The standard InChI is InChI=1S/C25H31N9O4/c35-23(36)19(32-25(37)38-14-18-4-2-1-3-5-18)13-34-16-31-20-21(29-15-30-22(20)34)33-10-6-17(7-11-33)12-28-24-26-8-9-27-24/h1-5,15-17,19H,6-14H2,(H,32,37)(H,35,36)(H2,26,27,28). The number of amides is 1. The predicted octanol–water partition coefficient (Wildman–Crippen LogP) is 0.971. The number of guanidine groups is 1. The highest BCUT2D eigenvalue weighted by atomic mass is 16.5. The first-order valence-electron chi connectivity index (χ1n) is 12.7. The lowest BCUT2D eigenvalue weighted by atomic mass is 9.97. The van der Waals surface area contributed by atoms with Gasteiger partial charge in [0.2, 0.25) is 0 Å². The van der Waals surface area contributed by atoms with Gasteiger partial charge in [0, 0.05) is 26.2 Å². The van der Waals surface area contributed by atoms with Crippen LogP contribution in [0.4, 0.5) is 10.6 Å². The Labute approximate surface area is 219 Å². The minimum atomic E-state index is -1.23. The summed E-state index contributed by atoms with van der Waals surface area (Å²) in [4.78, 5) is 44.0. The first-order chi connectivity index (χ1) is 18.6. The van der Waals surface area contributed by atoms with Crippen LogP contribution in [0, 0.1) is 5.92 Å². The number of carboxylic acids is 1. The molecule has 13 heteroatoms. The summed E-state index contributed by atoms with van der Waals surface area (Å²) >= 11 is 0. The zero-order valence-electron chi connectivity index (χ0n) is 20.9. The van der Waals surface area contributed by atoms with Gasteiger partial charge in [-0.15, -0.1) is 0 Å². The number of alkyl carbamates (subject to hydrolysis) is 1. The third kappa shape index (κ3) is 6.10. The first-order valence-corrected chi connectivity index (χ1v) is 12.7. The fourth-order valence-electron chi connectivity index (χ4n) is 4.63. The van der Waals surface area contributed by atoms with E-state index in [0.717, 1.165) is 62.9 Å². The third-order valence-electron chi connectivity index (χ3n) is 6.71. The number of rotatable bonds is 9. The minimum absolute atomic E-state index is 0.0436. The molecule has 2 aromatic heterocycles. The highest BCUT2D eigenvalue weighted by Crippen LogP contribution is 2.26. The van der Waals surface area contributed by atoms with Crippen LogP contribution < -0.4 is 20.9 Å². The molecule has 200 valence electrons. The molecule has 4 heterocycles. The van der Waals surface area contributed by atoms with E-state index in [0.29, 0.717) is 17.1 Å². The van der Waals surface area contributed by atoms with Crippen molar-refractivity contribution < 1.29 is 19.4 Å². The number of fused-ring (bicyclic) bond motifs is 1. The second-order valence-corrected chi connectivity index (χ2v) is 9.33. The van der Waals surface area contributed by atoms with Gasteiger partial charge in [0.25, 0.3) is 0 Å². The predicted molar refractivity (Wildman–Crippen MR) is 140 cm³/mol. The highest BCUT2D eigenvalue weighted by Gasteiger charge is 2.26. The summed E-state index contributed by atoms with van der Waals surface area (Å²) < 4.78 is 6.80. The van der Waals surface area contributed by atoms with Gasteiger partial charge < -0.3 is 35.3 Å². The van der Waals surface area contributed by atoms with E-state index in [1.54, 1.807) is 4.57 Å². The van der Waals surface area contributed by atoms with Gasteiger partial charge in [0.1, 0.15) is 19.0 Å². The molecule has 2 aliphatic heterocycles. The van der Waals surface area contributed by atoms with Gasteiger partial charge >= 0.3 is 12.1 Å². The molecule has 1 fully saturated rings. The Hall–Kier alpha value is -4.42. The van der Waals surface area contributed by atoms with Gasteiger partial charge in [-0.1, -0.05) is 30.3 Å². The molecule has 1 unspecified atom stereocenters. The number of hydrogen-bond donors (Lipinski definition) is 4. The summed E-state index contributed by atoms with van der Waals surface area (Å²) in [6.45, 7) is 4.23. The van der Waals surface area contributed by atoms with Crippen molar-refractivity contribution in [2.45, 2.75) is 32.0 Å². The average molecular weight is 522 g/mol. The quantitative estimate of drug-likeness (QED) is 0.320. The van der Waals surface area contributed by atoms with Gasteiger partial charge in [-0.3, -0.25) is 4.99 Å². The van der Waals surface area contributed by atoms with Gasteiger partial charge in [0.15, 0.2) is 22.9 Å². The molecule has 1 aromatic carbocycles. The number of aromatic nitrogens is 4. The Morgan fingerprint density at radius 2 is 1.97 bits per heavy atom. The van der Waals surface area contributed by atoms with Gasteiger partial charge in [-0.2, -0.15) is 0 Å². The Morgan fingerprint density at radius 1 is 1.16 bits per heavy atom. The molecule has 0 aliphatic carbocycles. The van der Waals surface area contributed by atoms with Crippen LogP contribution in [0.5, 0.6) is 0 Å². The molecule has 0 bridgehead atoms. The van der Waals surface area contributed by atoms with Crippen molar-refractivity contribution in [3.8, 4) is 0 Å². The summed E-state index contributed by atoms with van der Waals surface area (Å²) in [5.74, 6) is 0.959. The average Bonchev–Trinajstić information content (AvgIpc) is 3.61. The number of anilines is 1. The van der Waals surface area contributed by atoms with Crippen LogP contribution in [0.25, 0.3) is 11.2 Å². The van der Waals surface area contributed by atoms with Crippen molar-refractivity contribution in [3.63, 3.8) is 0 Å². The topological polar surface area (TPSA) is 159 Å². The summed E-state index contributed by atoms with van der Waals surface area (Å²) in [5, 5.41) is 18.8. The molecule has 4 N–H and O–H groups in total. The van der Waals surface area contributed by atoms with Crippen LogP contribution in [0.15, 0.2) is 48.0 Å². The zero-order chi connectivity index (χ0) is 26.3. The maximum Gasteiger partial charge on any atom is 0.408 e. The smallest absolute Gasteiger partial charge is 0.408 e. The van der Waals surface area contributed by atoms with E-state index >= 15 is 0 Å².